The Balaban J connectivity index is 1.56. The van der Waals surface area contributed by atoms with E-state index in [1.807, 2.05) is 36.4 Å². The van der Waals surface area contributed by atoms with Crippen molar-refractivity contribution in [2.24, 2.45) is 0 Å². The van der Waals surface area contributed by atoms with E-state index in [0.717, 1.165) is 11.1 Å². The van der Waals surface area contributed by atoms with Gasteiger partial charge >= 0.3 is 0 Å². The molecule has 0 N–H and O–H groups in total. The van der Waals surface area contributed by atoms with Crippen molar-refractivity contribution < 1.29 is 12.8 Å². The van der Waals surface area contributed by atoms with Crippen molar-refractivity contribution in [2.45, 2.75) is 12.3 Å². The highest BCUT2D eigenvalue weighted by atomic mass is 32.2. The zero-order chi connectivity index (χ0) is 17.0. The molecule has 0 bridgehead atoms. The van der Waals surface area contributed by atoms with E-state index in [-0.39, 0.29) is 11.6 Å². The van der Waals surface area contributed by atoms with Gasteiger partial charge in [-0.3, -0.25) is 4.90 Å². The van der Waals surface area contributed by atoms with Gasteiger partial charge in [-0.1, -0.05) is 42.5 Å². The molecule has 1 saturated heterocycles. The summed E-state index contributed by atoms with van der Waals surface area (Å²) in [5, 5.41) is 0. The molecule has 0 spiro atoms. The van der Waals surface area contributed by atoms with E-state index in [1.165, 1.54) is 12.1 Å². The molecule has 0 aliphatic carbocycles. The van der Waals surface area contributed by atoms with Crippen molar-refractivity contribution in [3.05, 3.63) is 71.5 Å². The van der Waals surface area contributed by atoms with E-state index < -0.39 is 10.0 Å². The van der Waals surface area contributed by atoms with Gasteiger partial charge in [-0.05, 0) is 23.3 Å². The first-order valence-electron chi connectivity index (χ1n) is 8.01. The number of sulfonamides is 1. The fraction of sp³-hybridized carbons (Fsp3) is 0.333. The van der Waals surface area contributed by atoms with Crippen LogP contribution in [0, 0.1) is 5.82 Å². The third-order valence-corrected chi connectivity index (χ3v) is 6.06. The summed E-state index contributed by atoms with van der Waals surface area (Å²) in [5.41, 5.74) is 1.72. The molecule has 0 aromatic heterocycles. The second-order valence-corrected chi connectivity index (χ2v) is 8.02. The first-order chi connectivity index (χ1) is 11.5. The molecule has 0 saturated carbocycles. The van der Waals surface area contributed by atoms with Crippen LogP contribution in [0.25, 0.3) is 0 Å². The average Bonchev–Trinajstić information content (AvgIpc) is 2.56. The van der Waals surface area contributed by atoms with Crippen molar-refractivity contribution in [3.8, 4) is 0 Å². The maximum atomic E-state index is 13.2. The van der Waals surface area contributed by atoms with Crippen LogP contribution >= 0.6 is 0 Å². The first kappa shape index (κ1) is 17.1. The second kappa shape index (κ2) is 7.42. The monoisotopic (exact) mass is 348 g/mol. The van der Waals surface area contributed by atoms with Gasteiger partial charge in [0.2, 0.25) is 10.0 Å². The lowest BCUT2D eigenvalue weighted by molar-refractivity contribution is 0.181. The third kappa shape index (κ3) is 4.41. The van der Waals surface area contributed by atoms with E-state index >= 15 is 0 Å². The van der Waals surface area contributed by atoms with Gasteiger partial charge in [0.05, 0.1) is 5.75 Å². The van der Waals surface area contributed by atoms with Crippen LogP contribution in [0.3, 0.4) is 0 Å². The van der Waals surface area contributed by atoms with Crippen molar-refractivity contribution in [3.63, 3.8) is 0 Å². The average molecular weight is 348 g/mol. The molecule has 0 atom stereocenters. The maximum absolute atomic E-state index is 13.2. The van der Waals surface area contributed by atoms with E-state index in [9.17, 15) is 12.8 Å². The summed E-state index contributed by atoms with van der Waals surface area (Å²) in [4.78, 5) is 2.16. The lowest BCUT2D eigenvalue weighted by Gasteiger charge is -2.34. The highest BCUT2D eigenvalue weighted by Gasteiger charge is 2.27. The van der Waals surface area contributed by atoms with E-state index in [1.54, 1.807) is 10.4 Å². The van der Waals surface area contributed by atoms with E-state index in [4.69, 9.17) is 0 Å². The summed E-state index contributed by atoms with van der Waals surface area (Å²) in [6.45, 7) is 2.91. The highest BCUT2D eigenvalue weighted by molar-refractivity contribution is 7.88. The van der Waals surface area contributed by atoms with Crippen molar-refractivity contribution >= 4 is 10.0 Å². The Morgan fingerprint density at radius 3 is 2.21 bits per heavy atom. The van der Waals surface area contributed by atoms with Crippen molar-refractivity contribution in [1.29, 1.82) is 0 Å². The zero-order valence-electron chi connectivity index (χ0n) is 13.4. The number of piperazine rings is 1. The molecule has 1 heterocycles. The molecular formula is C18H21FN2O2S. The summed E-state index contributed by atoms with van der Waals surface area (Å²) < 4.78 is 39.8. The standard InChI is InChI=1S/C18H21FN2O2S/c19-18-8-4-7-17(13-18)14-20-9-11-21(12-10-20)24(22,23)15-16-5-2-1-3-6-16/h1-8,13H,9-12,14-15H2. The third-order valence-electron chi connectivity index (χ3n) is 4.21. The predicted molar refractivity (Wildman–Crippen MR) is 92.3 cm³/mol. The SMILES string of the molecule is O=S(=O)(Cc1ccccc1)N1CCN(Cc2cccc(F)c2)CC1. The zero-order valence-corrected chi connectivity index (χ0v) is 14.3. The Labute approximate surface area is 142 Å². The fourth-order valence-electron chi connectivity index (χ4n) is 2.94. The number of hydrogen-bond donors (Lipinski definition) is 0. The molecule has 0 unspecified atom stereocenters. The Morgan fingerprint density at radius 1 is 0.875 bits per heavy atom. The van der Waals surface area contributed by atoms with Crippen LogP contribution in [0.15, 0.2) is 54.6 Å². The van der Waals surface area contributed by atoms with Gasteiger partial charge in [0.1, 0.15) is 5.82 Å². The highest BCUT2D eigenvalue weighted by Crippen LogP contribution is 2.15. The molecule has 0 radical (unpaired) electrons. The van der Waals surface area contributed by atoms with Crippen LogP contribution in [0.2, 0.25) is 0 Å². The summed E-state index contributed by atoms with van der Waals surface area (Å²) in [6.07, 6.45) is 0. The molecule has 2 aromatic carbocycles. The van der Waals surface area contributed by atoms with Crippen LogP contribution in [0.1, 0.15) is 11.1 Å². The lowest BCUT2D eigenvalue weighted by Crippen LogP contribution is -2.48. The number of hydrogen-bond acceptors (Lipinski definition) is 3. The fourth-order valence-corrected chi connectivity index (χ4v) is 4.45. The van der Waals surface area contributed by atoms with Gasteiger partial charge in [-0.25, -0.2) is 12.8 Å². The summed E-state index contributed by atoms with van der Waals surface area (Å²) in [6, 6.07) is 15.8. The maximum Gasteiger partial charge on any atom is 0.218 e. The molecule has 2 aromatic rings. The molecule has 0 amide bonds. The van der Waals surface area contributed by atoms with Gasteiger partial charge in [0.25, 0.3) is 0 Å². The predicted octanol–water partition coefficient (Wildman–Crippen LogP) is 2.47. The van der Waals surface area contributed by atoms with Gasteiger partial charge in [-0.15, -0.1) is 0 Å². The second-order valence-electron chi connectivity index (χ2n) is 6.05. The first-order valence-corrected chi connectivity index (χ1v) is 9.62. The van der Waals surface area contributed by atoms with E-state index in [2.05, 4.69) is 4.90 Å². The Bertz CT molecular complexity index is 773. The van der Waals surface area contributed by atoms with Crippen LogP contribution in [-0.4, -0.2) is 43.8 Å². The Hall–Kier alpha value is -1.76. The lowest BCUT2D eigenvalue weighted by atomic mass is 10.2. The molecule has 128 valence electrons. The number of benzene rings is 2. The largest absolute Gasteiger partial charge is 0.296 e. The van der Waals surface area contributed by atoms with E-state index in [0.29, 0.717) is 32.7 Å². The number of rotatable bonds is 5. The van der Waals surface area contributed by atoms with Crippen LogP contribution < -0.4 is 0 Å². The van der Waals surface area contributed by atoms with Crippen molar-refractivity contribution in [1.82, 2.24) is 9.21 Å². The Kier molecular flexibility index (Phi) is 5.28. The summed E-state index contributed by atoms with van der Waals surface area (Å²) in [7, 11) is -3.29. The minimum atomic E-state index is -3.29. The molecule has 1 aliphatic rings. The number of halogens is 1. The smallest absolute Gasteiger partial charge is 0.218 e. The van der Waals surface area contributed by atoms with Gasteiger partial charge in [0.15, 0.2) is 0 Å². The van der Waals surface area contributed by atoms with Gasteiger partial charge in [-0.2, -0.15) is 4.31 Å². The topological polar surface area (TPSA) is 40.6 Å². The summed E-state index contributed by atoms with van der Waals surface area (Å²) in [5.74, 6) is -0.200. The Morgan fingerprint density at radius 2 is 1.54 bits per heavy atom. The number of nitrogens with zero attached hydrogens (tertiary/aromatic N) is 2. The molecule has 6 heteroatoms. The van der Waals surface area contributed by atoms with Crippen molar-refractivity contribution in [2.75, 3.05) is 26.2 Å². The molecule has 1 fully saturated rings. The normalized spacial score (nSPS) is 17.0. The van der Waals surface area contributed by atoms with Gasteiger partial charge in [0, 0.05) is 32.7 Å². The minimum absolute atomic E-state index is 0.0394. The minimum Gasteiger partial charge on any atom is -0.296 e. The molecular weight excluding hydrogens is 327 g/mol. The van der Waals surface area contributed by atoms with Crippen LogP contribution in [0.4, 0.5) is 4.39 Å². The quantitative estimate of drug-likeness (QED) is 0.833. The van der Waals surface area contributed by atoms with Gasteiger partial charge < -0.3 is 0 Å². The molecule has 1 aliphatic heterocycles. The summed E-state index contributed by atoms with van der Waals surface area (Å²) >= 11 is 0. The van der Waals surface area contributed by atoms with Crippen LogP contribution in [-0.2, 0) is 22.3 Å². The molecule has 4 nitrogen and oxygen atoms in total. The molecule has 3 rings (SSSR count). The molecule has 24 heavy (non-hydrogen) atoms. The van der Waals surface area contributed by atoms with Crippen LogP contribution in [0.5, 0.6) is 0 Å².